The molecule has 0 saturated heterocycles. The molecule has 1 aromatic carbocycles. The van der Waals surface area contributed by atoms with Gasteiger partial charge in [-0.25, -0.2) is 9.07 Å². The van der Waals surface area contributed by atoms with Crippen molar-refractivity contribution in [2.75, 3.05) is 0 Å². The van der Waals surface area contributed by atoms with Crippen LogP contribution in [0.5, 0.6) is 0 Å². The number of benzene rings is 1. The normalized spacial score (nSPS) is 10.4. The molecular formula is C11H11FN2. The van der Waals surface area contributed by atoms with Crippen molar-refractivity contribution in [3.8, 4) is 5.69 Å². The molecule has 0 bridgehead atoms. The van der Waals surface area contributed by atoms with Gasteiger partial charge in [0.1, 0.15) is 5.82 Å². The number of nitrogens with zero attached hydrogens (tertiary/aromatic N) is 2. The van der Waals surface area contributed by atoms with Gasteiger partial charge in [0, 0.05) is 12.4 Å². The molecule has 0 fully saturated rings. The summed E-state index contributed by atoms with van der Waals surface area (Å²) in [5, 5.41) is 4.09. The SMILES string of the molecule is CCc1ccc(F)cc1-n1cccn1. The fraction of sp³-hybridized carbons (Fsp3) is 0.182. The number of hydrogen-bond acceptors (Lipinski definition) is 1. The van der Waals surface area contributed by atoms with E-state index in [2.05, 4.69) is 5.10 Å². The Hall–Kier alpha value is -1.64. The highest BCUT2D eigenvalue weighted by atomic mass is 19.1. The van der Waals surface area contributed by atoms with E-state index in [-0.39, 0.29) is 5.82 Å². The molecule has 14 heavy (non-hydrogen) atoms. The zero-order valence-electron chi connectivity index (χ0n) is 7.94. The largest absolute Gasteiger partial charge is 0.241 e. The molecule has 2 aromatic rings. The highest BCUT2D eigenvalue weighted by Crippen LogP contribution is 2.15. The van der Waals surface area contributed by atoms with Crippen LogP contribution < -0.4 is 0 Å². The van der Waals surface area contributed by atoms with Gasteiger partial charge < -0.3 is 0 Å². The second-order valence-electron chi connectivity index (χ2n) is 3.08. The van der Waals surface area contributed by atoms with Crippen LogP contribution in [0.4, 0.5) is 4.39 Å². The van der Waals surface area contributed by atoms with Crippen molar-refractivity contribution in [3.63, 3.8) is 0 Å². The first-order valence-electron chi connectivity index (χ1n) is 4.59. The van der Waals surface area contributed by atoms with E-state index in [9.17, 15) is 4.39 Å². The lowest BCUT2D eigenvalue weighted by Gasteiger charge is -2.07. The molecule has 0 aliphatic carbocycles. The molecule has 3 heteroatoms. The average molecular weight is 190 g/mol. The molecule has 1 aromatic heterocycles. The molecular weight excluding hydrogens is 179 g/mol. The third-order valence-corrected chi connectivity index (χ3v) is 2.18. The molecule has 0 saturated carbocycles. The molecule has 2 rings (SSSR count). The topological polar surface area (TPSA) is 17.8 Å². The predicted octanol–water partition coefficient (Wildman–Crippen LogP) is 2.57. The van der Waals surface area contributed by atoms with Gasteiger partial charge in [-0.05, 0) is 30.2 Å². The van der Waals surface area contributed by atoms with Crippen molar-refractivity contribution < 1.29 is 4.39 Å². The smallest absolute Gasteiger partial charge is 0.125 e. The summed E-state index contributed by atoms with van der Waals surface area (Å²) >= 11 is 0. The highest BCUT2D eigenvalue weighted by Gasteiger charge is 2.04. The number of hydrogen-bond donors (Lipinski definition) is 0. The monoisotopic (exact) mass is 190 g/mol. The molecule has 0 unspecified atom stereocenters. The van der Waals surface area contributed by atoms with Crippen LogP contribution in [-0.2, 0) is 6.42 Å². The number of aromatic nitrogens is 2. The molecule has 0 radical (unpaired) electrons. The van der Waals surface area contributed by atoms with Gasteiger partial charge >= 0.3 is 0 Å². The summed E-state index contributed by atoms with van der Waals surface area (Å²) < 4.78 is 14.7. The Morgan fingerprint density at radius 3 is 2.93 bits per heavy atom. The van der Waals surface area contributed by atoms with Crippen molar-refractivity contribution in [2.24, 2.45) is 0 Å². The van der Waals surface area contributed by atoms with Crippen LogP contribution in [0.3, 0.4) is 0 Å². The first kappa shape index (κ1) is 8.94. The lowest BCUT2D eigenvalue weighted by molar-refractivity contribution is 0.624. The van der Waals surface area contributed by atoms with E-state index in [1.54, 1.807) is 16.9 Å². The average Bonchev–Trinajstić information content (AvgIpc) is 2.70. The molecule has 2 nitrogen and oxygen atoms in total. The second kappa shape index (κ2) is 3.62. The van der Waals surface area contributed by atoms with Crippen molar-refractivity contribution in [1.82, 2.24) is 9.78 Å². The van der Waals surface area contributed by atoms with Crippen molar-refractivity contribution in [2.45, 2.75) is 13.3 Å². The fourth-order valence-electron chi connectivity index (χ4n) is 1.46. The van der Waals surface area contributed by atoms with Gasteiger partial charge in [0.2, 0.25) is 0 Å². The lowest BCUT2D eigenvalue weighted by Crippen LogP contribution is -1.99. The standard InChI is InChI=1S/C11H11FN2/c1-2-9-4-5-10(12)8-11(9)14-7-3-6-13-14/h3-8H,2H2,1H3. The fourth-order valence-corrected chi connectivity index (χ4v) is 1.46. The van der Waals surface area contributed by atoms with Crippen LogP contribution in [0.1, 0.15) is 12.5 Å². The summed E-state index contributed by atoms with van der Waals surface area (Å²) in [6.07, 6.45) is 4.37. The van der Waals surface area contributed by atoms with Crippen LogP contribution in [0.15, 0.2) is 36.7 Å². The van der Waals surface area contributed by atoms with Gasteiger partial charge in [0.25, 0.3) is 0 Å². The van der Waals surface area contributed by atoms with E-state index in [4.69, 9.17) is 0 Å². The maximum Gasteiger partial charge on any atom is 0.125 e. The molecule has 72 valence electrons. The molecule has 0 N–H and O–H groups in total. The Morgan fingerprint density at radius 2 is 2.29 bits per heavy atom. The van der Waals surface area contributed by atoms with E-state index in [0.717, 1.165) is 17.7 Å². The first-order chi connectivity index (χ1) is 6.81. The van der Waals surface area contributed by atoms with Gasteiger partial charge in [0.15, 0.2) is 0 Å². The Kier molecular flexibility index (Phi) is 2.31. The van der Waals surface area contributed by atoms with E-state index in [1.807, 2.05) is 19.2 Å². The third kappa shape index (κ3) is 1.53. The minimum atomic E-state index is -0.229. The minimum absolute atomic E-state index is 0.229. The third-order valence-electron chi connectivity index (χ3n) is 2.18. The first-order valence-corrected chi connectivity index (χ1v) is 4.59. The van der Waals surface area contributed by atoms with Crippen LogP contribution >= 0.6 is 0 Å². The van der Waals surface area contributed by atoms with Crippen LogP contribution in [0.25, 0.3) is 5.69 Å². The summed E-state index contributed by atoms with van der Waals surface area (Å²) in [6, 6.07) is 6.61. The van der Waals surface area contributed by atoms with Gasteiger partial charge in [0.05, 0.1) is 5.69 Å². The Labute approximate surface area is 82.0 Å². The molecule has 0 aliphatic rings. The summed E-state index contributed by atoms with van der Waals surface area (Å²) in [7, 11) is 0. The Bertz CT molecular complexity index is 421. The van der Waals surface area contributed by atoms with Crippen molar-refractivity contribution in [3.05, 3.63) is 48.0 Å². The maximum absolute atomic E-state index is 13.0. The molecule has 1 heterocycles. The van der Waals surface area contributed by atoms with E-state index in [0.29, 0.717) is 0 Å². The Morgan fingerprint density at radius 1 is 1.43 bits per heavy atom. The van der Waals surface area contributed by atoms with E-state index in [1.165, 1.54) is 12.1 Å². The second-order valence-corrected chi connectivity index (χ2v) is 3.08. The molecule has 0 aliphatic heterocycles. The van der Waals surface area contributed by atoms with Crippen LogP contribution in [0, 0.1) is 5.82 Å². The lowest BCUT2D eigenvalue weighted by atomic mass is 10.1. The van der Waals surface area contributed by atoms with Crippen molar-refractivity contribution >= 4 is 0 Å². The maximum atomic E-state index is 13.0. The van der Waals surface area contributed by atoms with Gasteiger partial charge in [-0.2, -0.15) is 5.10 Å². The number of aryl methyl sites for hydroxylation is 1. The zero-order chi connectivity index (χ0) is 9.97. The number of rotatable bonds is 2. The van der Waals surface area contributed by atoms with Gasteiger partial charge in [-0.1, -0.05) is 13.0 Å². The predicted molar refractivity (Wildman–Crippen MR) is 52.9 cm³/mol. The quantitative estimate of drug-likeness (QED) is 0.711. The van der Waals surface area contributed by atoms with Crippen molar-refractivity contribution in [1.29, 1.82) is 0 Å². The molecule has 0 atom stereocenters. The number of halogens is 1. The van der Waals surface area contributed by atoms with E-state index < -0.39 is 0 Å². The summed E-state index contributed by atoms with van der Waals surface area (Å²) in [6.45, 7) is 2.04. The highest BCUT2D eigenvalue weighted by molar-refractivity contribution is 5.40. The van der Waals surface area contributed by atoms with Gasteiger partial charge in [-0.15, -0.1) is 0 Å². The molecule has 0 spiro atoms. The zero-order valence-corrected chi connectivity index (χ0v) is 7.94. The van der Waals surface area contributed by atoms with Crippen LogP contribution in [0.2, 0.25) is 0 Å². The summed E-state index contributed by atoms with van der Waals surface area (Å²) in [4.78, 5) is 0. The van der Waals surface area contributed by atoms with E-state index >= 15 is 0 Å². The molecule has 0 amide bonds. The van der Waals surface area contributed by atoms with Gasteiger partial charge in [-0.3, -0.25) is 0 Å². The van der Waals surface area contributed by atoms with Crippen LogP contribution in [-0.4, -0.2) is 9.78 Å². The minimum Gasteiger partial charge on any atom is -0.241 e. The summed E-state index contributed by atoms with van der Waals surface area (Å²) in [5.74, 6) is -0.229. The Balaban J connectivity index is 2.55. The summed E-state index contributed by atoms with van der Waals surface area (Å²) in [5.41, 5.74) is 1.91.